The van der Waals surface area contributed by atoms with Gasteiger partial charge in [0, 0.05) is 38.1 Å². The quantitative estimate of drug-likeness (QED) is 0.711. The highest BCUT2D eigenvalue weighted by atomic mass is 16.5. The predicted molar refractivity (Wildman–Crippen MR) is 96.8 cm³/mol. The van der Waals surface area contributed by atoms with Crippen LogP contribution in [0.5, 0.6) is 5.75 Å². The summed E-state index contributed by atoms with van der Waals surface area (Å²) < 4.78 is 7.82. The Balaban J connectivity index is 1.39. The molecule has 0 unspecified atom stereocenters. The van der Waals surface area contributed by atoms with E-state index in [0.29, 0.717) is 18.8 Å². The van der Waals surface area contributed by atoms with Gasteiger partial charge >= 0.3 is 0 Å². The third-order valence-corrected chi connectivity index (χ3v) is 4.46. The van der Waals surface area contributed by atoms with Gasteiger partial charge in [0.2, 0.25) is 0 Å². The van der Waals surface area contributed by atoms with Crippen LogP contribution in [-0.2, 0) is 19.5 Å². The minimum absolute atomic E-state index is 0.0334. The van der Waals surface area contributed by atoms with Gasteiger partial charge in [0.25, 0.3) is 5.91 Å². The molecule has 0 saturated carbocycles. The van der Waals surface area contributed by atoms with Crippen LogP contribution in [0.4, 0.5) is 0 Å². The molecule has 1 aliphatic heterocycles. The van der Waals surface area contributed by atoms with Gasteiger partial charge in [0.1, 0.15) is 11.9 Å². The molecule has 0 spiro atoms. The fraction of sp³-hybridized carbons (Fsp3) is 0.250. The summed E-state index contributed by atoms with van der Waals surface area (Å²) in [6.07, 6.45) is 4.20. The number of rotatable bonds is 5. The summed E-state index contributed by atoms with van der Waals surface area (Å²) in [5, 5.41) is 4.48. The molecule has 1 aromatic carbocycles. The van der Waals surface area contributed by atoms with Gasteiger partial charge in [0.05, 0.1) is 6.54 Å². The van der Waals surface area contributed by atoms with E-state index >= 15 is 0 Å². The summed E-state index contributed by atoms with van der Waals surface area (Å²) in [5.74, 6) is 0.733. The molecule has 6 heteroatoms. The first kappa shape index (κ1) is 16.3. The number of hydrogen-bond donors (Lipinski definition) is 0. The van der Waals surface area contributed by atoms with Gasteiger partial charge in [-0.3, -0.25) is 14.5 Å². The summed E-state index contributed by atoms with van der Waals surface area (Å²) in [7, 11) is 1.80. The SMILES string of the molecule is CN(Cc1ccccc1)C(=O)c1cc2n(n1)C[C@@H](Oc1ccncc1)C2. The van der Waals surface area contributed by atoms with E-state index in [1.54, 1.807) is 24.3 Å². The third kappa shape index (κ3) is 3.44. The van der Waals surface area contributed by atoms with E-state index in [1.165, 1.54) is 0 Å². The summed E-state index contributed by atoms with van der Waals surface area (Å²) in [5.41, 5.74) is 2.61. The Labute approximate surface area is 152 Å². The van der Waals surface area contributed by atoms with Gasteiger partial charge in [-0.25, -0.2) is 0 Å². The van der Waals surface area contributed by atoms with Crippen molar-refractivity contribution in [3.05, 3.63) is 77.9 Å². The van der Waals surface area contributed by atoms with Crippen LogP contribution in [0, 0.1) is 0 Å². The molecule has 132 valence electrons. The van der Waals surface area contributed by atoms with Crippen LogP contribution in [0.15, 0.2) is 60.9 Å². The number of carbonyl (C=O) groups is 1. The zero-order valence-corrected chi connectivity index (χ0v) is 14.6. The smallest absolute Gasteiger partial charge is 0.274 e. The minimum Gasteiger partial charge on any atom is -0.488 e. The first-order valence-corrected chi connectivity index (χ1v) is 8.62. The lowest BCUT2D eigenvalue weighted by Crippen LogP contribution is -2.27. The Morgan fingerprint density at radius 2 is 2.00 bits per heavy atom. The largest absolute Gasteiger partial charge is 0.488 e. The Morgan fingerprint density at radius 3 is 2.73 bits per heavy atom. The zero-order chi connectivity index (χ0) is 17.9. The second kappa shape index (κ2) is 7.00. The lowest BCUT2D eigenvalue weighted by molar-refractivity contribution is 0.0777. The van der Waals surface area contributed by atoms with Crippen molar-refractivity contribution in [2.75, 3.05) is 7.05 Å². The molecule has 3 heterocycles. The molecule has 0 aliphatic carbocycles. The molecule has 1 aliphatic rings. The number of amides is 1. The monoisotopic (exact) mass is 348 g/mol. The fourth-order valence-electron chi connectivity index (χ4n) is 3.19. The maximum Gasteiger partial charge on any atom is 0.274 e. The number of fused-ring (bicyclic) bond motifs is 1. The molecular weight excluding hydrogens is 328 g/mol. The highest BCUT2D eigenvalue weighted by Gasteiger charge is 2.27. The second-order valence-electron chi connectivity index (χ2n) is 6.48. The minimum atomic E-state index is -0.0673. The average Bonchev–Trinajstić information content (AvgIpc) is 3.21. The lowest BCUT2D eigenvalue weighted by Gasteiger charge is -2.16. The lowest BCUT2D eigenvalue weighted by atomic mass is 10.2. The standard InChI is InChI=1S/C20H20N4O2/c1-23(13-15-5-3-2-4-6-15)20(25)19-12-16-11-18(14-24(16)22-19)26-17-7-9-21-10-8-17/h2-10,12,18H,11,13-14H2,1H3/t18-/m0/s1. The molecule has 6 nitrogen and oxygen atoms in total. The van der Waals surface area contributed by atoms with Crippen LogP contribution in [0.2, 0.25) is 0 Å². The third-order valence-electron chi connectivity index (χ3n) is 4.46. The normalized spacial score (nSPS) is 15.5. The molecule has 0 fully saturated rings. The number of nitrogens with zero attached hydrogens (tertiary/aromatic N) is 4. The van der Waals surface area contributed by atoms with Crippen LogP contribution in [-0.4, -0.2) is 38.7 Å². The maximum absolute atomic E-state index is 12.6. The molecule has 1 atom stereocenters. The number of ether oxygens (including phenoxy) is 1. The summed E-state index contributed by atoms with van der Waals surface area (Å²) >= 11 is 0. The van der Waals surface area contributed by atoms with E-state index in [0.717, 1.165) is 23.4 Å². The zero-order valence-electron chi connectivity index (χ0n) is 14.6. The van der Waals surface area contributed by atoms with Crippen LogP contribution >= 0.6 is 0 Å². The molecule has 4 rings (SSSR count). The van der Waals surface area contributed by atoms with Crippen molar-refractivity contribution in [2.24, 2.45) is 0 Å². The number of aromatic nitrogens is 3. The number of carbonyl (C=O) groups excluding carboxylic acids is 1. The molecule has 3 aromatic rings. The predicted octanol–water partition coefficient (Wildman–Crippen LogP) is 2.55. The van der Waals surface area contributed by atoms with E-state index in [-0.39, 0.29) is 12.0 Å². The Kier molecular flexibility index (Phi) is 4.39. The van der Waals surface area contributed by atoms with Gasteiger partial charge in [-0.2, -0.15) is 5.10 Å². The first-order chi connectivity index (χ1) is 12.7. The van der Waals surface area contributed by atoms with Crippen LogP contribution < -0.4 is 4.74 Å². The molecule has 0 bridgehead atoms. The van der Waals surface area contributed by atoms with Crippen LogP contribution in [0.25, 0.3) is 0 Å². The molecule has 26 heavy (non-hydrogen) atoms. The Hall–Kier alpha value is -3.15. The molecule has 2 aromatic heterocycles. The second-order valence-corrected chi connectivity index (χ2v) is 6.48. The Morgan fingerprint density at radius 1 is 1.23 bits per heavy atom. The van der Waals surface area contributed by atoms with Crippen molar-refractivity contribution < 1.29 is 9.53 Å². The summed E-state index contributed by atoms with van der Waals surface area (Å²) in [6, 6.07) is 15.5. The van der Waals surface area contributed by atoms with E-state index in [4.69, 9.17) is 4.74 Å². The van der Waals surface area contributed by atoms with Crippen molar-refractivity contribution >= 4 is 5.91 Å². The molecule has 0 N–H and O–H groups in total. The first-order valence-electron chi connectivity index (χ1n) is 8.62. The van der Waals surface area contributed by atoms with Crippen molar-refractivity contribution in [1.82, 2.24) is 19.7 Å². The van der Waals surface area contributed by atoms with Crippen LogP contribution in [0.3, 0.4) is 0 Å². The van der Waals surface area contributed by atoms with Crippen molar-refractivity contribution in [2.45, 2.75) is 25.6 Å². The fourth-order valence-corrected chi connectivity index (χ4v) is 3.19. The van der Waals surface area contributed by atoms with E-state index in [2.05, 4.69) is 10.1 Å². The topological polar surface area (TPSA) is 60.2 Å². The van der Waals surface area contributed by atoms with Gasteiger partial charge in [-0.15, -0.1) is 0 Å². The molecule has 0 radical (unpaired) electrons. The number of hydrogen-bond acceptors (Lipinski definition) is 4. The molecule has 0 saturated heterocycles. The highest BCUT2D eigenvalue weighted by molar-refractivity contribution is 5.92. The van der Waals surface area contributed by atoms with Crippen molar-refractivity contribution in [3.63, 3.8) is 0 Å². The summed E-state index contributed by atoms with van der Waals surface area (Å²) in [4.78, 5) is 18.3. The van der Waals surface area contributed by atoms with E-state index in [1.807, 2.05) is 53.2 Å². The number of benzene rings is 1. The summed E-state index contributed by atoms with van der Waals surface area (Å²) in [6.45, 7) is 1.21. The highest BCUT2D eigenvalue weighted by Crippen LogP contribution is 2.21. The van der Waals surface area contributed by atoms with E-state index < -0.39 is 0 Å². The molecule has 1 amide bonds. The average molecular weight is 348 g/mol. The van der Waals surface area contributed by atoms with Gasteiger partial charge in [-0.1, -0.05) is 30.3 Å². The van der Waals surface area contributed by atoms with Crippen LogP contribution in [0.1, 0.15) is 21.7 Å². The van der Waals surface area contributed by atoms with Gasteiger partial charge < -0.3 is 9.64 Å². The van der Waals surface area contributed by atoms with Crippen molar-refractivity contribution in [3.8, 4) is 5.75 Å². The van der Waals surface area contributed by atoms with Crippen molar-refractivity contribution in [1.29, 1.82) is 0 Å². The molecular formula is C20H20N4O2. The van der Waals surface area contributed by atoms with Gasteiger partial charge in [0.15, 0.2) is 5.69 Å². The Bertz CT molecular complexity index is 869. The van der Waals surface area contributed by atoms with Gasteiger partial charge in [-0.05, 0) is 23.8 Å². The maximum atomic E-state index is 12.6. The van der Waals surface area contributed by atoms with E-state index in [9.17, 15) is 4.79 Å². The number of pyridine rings is 1.